The first kappa shape index (κ1) is 22.4. The topological polar surface area (TPSA) is 81.1 Å². The molecule has 2 N–H and O–H groups in total. The zero-order chi connectivity index (χ0) is 23.8. The number of anilines is 3. The lowest BCUT2D eigenvalue weighted by Gasteiger charge is -2.12. The highest BCUT2D eigenvalue weighted by Crippen LogP contribution is 2.35. The highest BCUT2D eigenvalue weighted by Gasteiger charge is 2.31. The van der Waals surface area contributed by atoms with E-state index in [0.29, 0.717) is 28.8 Å². The van der Waals surface area contributed by atoms with Crippen LogP contribution in [-0.2, 0) is 18.0 Å². The fourth-order valence-electron chi connectivity index (χ4n) is 3.13. The van der Waals surface area contributed by atoms with E-state index in [2.05, 4.69) is 20.6 Å². The number of nitrogens with one attached hydrogen (secondary N) is 2. The molecule has 0 aliphatic heterocycles. The number of carbonyl (C=O) groups excluding carboxylic acids is 1. The van der Waals surface area contributed by atoms with Crippen LogP contribution in [0.3, 0.4) is 0 Å². The predicted octanol–water partition coefficient (Wildman–Crippen LogP) is 6.13. The molecular formula is C22H17ClF3N5O2. The third kappa shape index (κ3) is 5.01. The van der Waals surface area contributed by atoms with E-state index in [9.17, 15) is 18.0 Å². The van der Waals surface area contributed by atoms with Crippen molar-refractivity contribution >= 4 is 46.0 Å². The van der Waals surface area contributed by atoms with Gasteiger partial charge in [-0.05, 0) is 36.4 Å². The van der Waals surface area contributed by atoms with E-state index in [0.717, 1.165) is 17.6 Å². The summed E-state index contributed by atoms with van der Waals surface area (Å²) in [5.74, 6) is 1.33. The molecule has 170 valence electrons. The van der Waals surface area contributed by atoms with Gasteiger partial charge in [-0.15, -0.1) is 0 Å². The monoisotopic (exact) mass is 475 g/mol. The van der Waals surface area contributed by atoms with Crippen molar-refractivity contribution in [2.75, 3.05) is 10.6 Å². The number of ether oxygens (including phenoxy) is 1. The van der Waals surface area contributed by atoms with Crippen molar-refractivity contribution in [1.29, 1.82) is 0 Å². The van der Waals surface area contributed by atoms with Gasteiger partial charge in [-0.1, -0.05) is 11.6 Å². The number of imidazole rings is 1. The highest BCUT2D eigenvalue weighted by atomic mass is 35.5. The molecule has 0 spiro atoms. The summed E-state index contributed by atoms with van der Waals surface area (Å²) in [6.07, 6.45) is -2.99. The third-order valence-corrected chi connectivity index (χ3v) is 4.99. The van der Waals surface area contributed by atoms with Crippen molar-refractivity contribution < 1.29 is 22.7 Å². The van der Waals surface area contributed by atoms with Crippen molar-refractivity contribution in [3.8, 4) is 11.5 Å². The maximum atomic E-state index is 13.1. The average molecular weight is 476 g/mol. The molecule has 0 atom stereocenters. The molecule has 1 amide bonds. The van der Waals surface area contributed by atoms with Gasteiger partial charge in [0.05, 0.1) is 27.3 Å². The number of carbonyl (C=O) groups is 1. The third-order valence-electron chi connectivity index (χ3n) is 4.66. The van der Waals surface area contributed by atoms with Crippen molar-refractivity contribution in [3.05, 3.63) is 65.3 Å². The van der Waals surface area contributed by atoms with E-state index >= 15 is 0 Å². The Bertz CT molecular complexity index is 1350. The minimum absolute atomic E-state index is 0.0867. The molecule has 0 aliphatic rings. The first-order valence-corrected chi connectivity index (χ1v) is 10.00. The van der Waals surface area contributed by atoms with E-state index in [1.165, 1.54) is 19.2 Å². The second-order valence-corrected chi connectivity index (χ2v) is 7.53. The van der Waals surface area contributed by atoms with Gasteiger partial charge in [0, 0.05) is 32.3 Å². The van der Waals surface area contributed by atoms with E-state index < -0.39 is 11.7 Å². The minimum atomic E-state index is -4.49. The number of hydrogen-bond acceptors (Lipinski definition) is 5. The number of halogens is 4. The molecule has 4 aromatic rings. The lowest BCUT2D eigenvalue weighted by atomic mass is 10.2. The summed E-state index contributed by atoms with van der Waals surface area (Å²) in [6, 6.07) is 11.4. The molecule has 0 aliphatic carbocycles. The standard InChI is InChI=1S/C22H17ClF3N5O2/c1-12(32)28-20-11-15(7-8-27-20)33-14-4-6-19-18(10-14)30-21(31(19)2)29-17-9-13(22(24,25)26)3-5-16(17)23/h3-11H,1-2H3,(H,29,30)(H,27,28,32). The Morgan fingerprint density at radius 3 is 2.58 bits per heavy atom. The maximum Gasteiger partial charge on any atom is 0.416 e. The Morgan fingerprint density at radius 2 is 1.85 bits per heavy atom. The van der Waals surface area contributed by atoms with Crippen LogP contribution in [0.5, 0.6) is 11.5 Å². The number of pyridine rings is 1. The Labute approximate surface area is 191 Å². The number of aromatic nitrogens is 3. The van der Waals surface area contributed by atoms with Crippen LogP contribution in [-0.4, -0.2) is 20.4 Å². The quantitative estimate of drug-likeness (QED) is 0.362. The molecule has 33 heavy (non-hydrogen) atoms. The largest absolute Gasteiger partial charge is 0.457 e. The van der Waals surface area contributed by atoms with Gasteiger partial charge >= 0.3 is 6.18 Å². The van der Waals surface area contributed by atoms with Gasteiger partial charge in [-0.2, -0.15) is 13.2 Å². The highest BCUT2D eigenvalue weighted by molar-refractivity contribution is 6.33. The zero-order valence-electron chi connectivity index (χ0n) is 17.4. The molecule has 2 aromatic carbocycles. The van der Waals surface area contributed by atoms with Gasteiger partial charge in [-0.25, -0.2) is 9.97 Å². The Kier molecular flexibility index (Phi) is 5.86. The SMILES string of the molecule is CC(=O)Nc1cc(Oc2ccc3c(c2)nc(Nc2cc(C(F)(F)F)ccc2Cl)n3C)ccn1. The smallest absolute Gasteiger partial charge is 0.416 e. The first-order valence-electron chi connectivity index (χ1n) is 9.62. The van der Waals surface area contributed by atoms with E-state index in [-0.39, 0.29) is 16.6 Å². The van der Waals surface area contributed by atoms with Crippen molar-refractivity contribution in [2.24, 2.45) is 7.05 Å². The van der Waals surface area contributed by atoms with E-state index in [1.54, 1.807) is 41.9 Å². The molecule has 0 fully saturated rings. The molecule has 0 saturated heterocycles. The molecule has 0 saturated carbocycles. The number of hydrogen-bond donors (Lipinski definition) is 2. The van der Waals surface area contributed by atoms with Gasteiger partial charge in [0.25, 0.3) is 0 Å². The number of amides is 1. The van der Waals surface area contributed by atoms with Crippen LogP contribution in [0.4, 0.5) is 30.6 Å². The first-order chi connectivity index (χ1) is 15.6. The molecule has 11 heteroatoms. The fourth-order valence-corrected chi connectivity index (χ4v) is 3.30. The predicted molar refractivity (Wildman–Crippen MR) is 119 cm³/mol. The average Bonchev–Trinajstić information content (AvgIpc) is 3.03. The van der Waals surface area contributed by atoms with Gasteiger partial charge < -0.3 is 19.9 Å². The normalized spacial score (nSPS) is 11.5. The molecular weight excluding hydrogens is 459 g/mol. The Balaban J connectivity index is 1.61. The summed E-state index contributed by atoms with van der Waals surface area (Å²) in [6.45, 7) is 1.38. The zero-order valence-corrected chi connectivity index (χ0v) is 18.1. The second-order valence-electron chi connectivity index (χ2n) is 7.12. The lowest BCUT2D eigenvalue weighted by Crippen LogP contribution is -2.07. The summed E-state index contributed by atoms with van der Waals surface area (Å²) in [5, 5.41) is 5.58. The molecule has 0 unspecified atom stereocenters. The van der Waals surface area contributed by atoms with Crippen LogP contribution >= 0.6 is 11.6 Å². The van der Waals surface area contributed by atoms with E-state index in [1.807, 2.05) is 0 Å². The van der Waals surface area contributed by atoms with E-state index in [4.69, 9.17) is 16.3 Å². The molecule has 2 heterocycles. The summed E-state index contributed by atoms with van der Waals surface area (Å²) < 4.78 is 46.7. The number of rotatable bonds is 5. The van der Waals surface area contributed by atoms with Gasteiger partial charge in [0.1, 0.15) is 17.3 Å². The Morgan fingerprint density at radius 1 is 1.09 bits per heavy atom. The number of nitrogens with zero attached hydrogens (tertiary/aromatic N) is 3. The number of benzene rings is 2. The molecule has 7 nitrogen and oxygen atoms in total. The summed E-state index contributed by atoms with van der Waals surface area (Å²) in [7, 11) is 1.72. The van der Waals surface area contributed by atoms with Crippen LogP contribution < -0.4 is 15.4 Å². The van der Waals surface area contributed by atoms with Crippen LogP contribution in [0.15, 0.2) is 54.7 Å². The van der Waals surface area contributed by atoms with Crippen molar-refractivity contribution in [1.82, 2.24) is 14.5 Å². The van der Waals surface area contributed by atoms with Crippen LogP contribution in [0.1, 0.15) is 12.5 Å². The fraction of sp³-hybridized carbons (Fsp3) is 0.136. The molecule has 0 bridgehead atoms. The lowest BCUT2D eigenvalue weighted by molar-refractivity contribution is -0.137. The number of aryl methyl sites for hydroxylation is 1. The molecule has 0 radical (unpaired) electrons. The number of fused-ring (bicyclic) bond motifs is 1. The van der Waals surface area contributed by atoms with Gasteiger partial charge in [0.15, 0.2) is 0 Å². The Hall–Kier alpha value is -3.79. The van der Waals surface area contributed by atoms with Crippen LogP contribution in [0.25, 0.3) is 11.0 Å². The summed E-state index contributed by atoms with van der Waals surface area (Å²) in [5.41, 5.74) is 0.543. The summed E-state index contributed by atoms with van der Waals surface area (Å²) >= 11 is 6.09. The summed E-state index contributed by atoms with van der Waals surface area (Å²) in [4.78, 5) is 19.7. The maximum absolute atomic E-state index is 13.1. The van der Waals surface area contributed by atoms with Crippen molar-refractivity contribution in [3.63, 3.8) is 0 Å². The van der Waals surface area contributed by atoms with Gasteiger partial charge in [0.2, 0.25) is 11.9 Å². The number of alkyl halides is 3. The van der Waals surface area contributed by atoms with Gasteiger partial charge in [-0.3, -0.25) is 4.79 Å². The second kappa shape index (κ2) is 8.62. The molecule has 2 aromatic heterocycles. The van der Waals surface area contributed by atoms with Crippen molar-refractivity contribution in [2.45, 2.75) is 13.1 Å². The van der Waals surface area contributed by atoms with Crippen LogP contribution in [0, 0.1) is 0 Å². The van der Waals surface area contributed by atoms with Crippen LogP contribution in [0.2, 0.25) is 5.02 Å². The minimum Gasteiger partial charge on any atom is -0.457 e. The molecule has 4 rings (SSSR count).